The maximum Gasteiger partial charge on any atom is 0.573 e. The Hall–Kier alpha value is -3.69. The van der Waals surface area contributed by atoms with Gasteiger partial charge in [-0.05, 0) is 54.9 Å². The van der Waals surface area contributed by atoms with Gasteiger partial charge in [0.1, 0.15) is 11.6 Å². The molecule has 2 aliphatic carbocycles. The number of nitrogens with zero attached hydrogens (tertiary/aromatic N) is 1. The lowest BCUT2D eigenvalue weighted by molar-refractivity contribution is -0.274. The molecule has 3 N–H and O–H groups in total. The molecule has 10 heteroatoms. The minimum Gasteiger partial charge on any atom is -0.406 e. The van der Waals surface area contributed by atoms with Crippen LogP contribution in [0.5, 0.6) is 5.75 Å². The van der Waals surface area contributed by atoms with E-state index in [0.717, 1.165) is 25.0 Å². The molecule has 0 saturated heterocycles. The summed E-state index contributed by atoms with van der Waals surface area (Å²) in [5.74, 6) is -2.19. The molecule has 36 heavy (non-hydrogen) atoms. The molecule has 2 aliphatic rings. The van der Waals surface area contributed by atoms with Crippen LogP contribution in [0.2, 0.25) is 0 Å². The number of carbonyl (C=O) groups excluding carboxylic acids is 2. The third kappa shape index (κ3) is 5.58. The van der Waals surface area contributed by atoms with Crippen LogP contribution in [0, 0.1) is 11.2 Å². The number of amides is 1. The maximum atomic E-state index is 14.6. The number of alkyl halides is 3. The number of aliphatic imine (C=N–C) groups is 1. The normalized spacial score (nSPS) is 18.1. The van der Waals surface area contributed by atoms with Crippen molar-refractivity contribution in [2.45, 2.75) is 44.4 Å². The number of rotatable bonds is 9. The number of carbonyl (C=O) groups is 2. The van der Waals surface area contributed by atoms with E-state index in [2.05, 4.69) is 22.0 Å². The first-order valence-corrected chi connectivity index (χ1v) is 11.4. The average molecular weight is 503 g/mol. The Labute approximate surface area is 205 Å². The predicted molar refractivity (Wildman–Crippen MR) is 127 cm³/mol. The Morgan fingerprint density at radius 1 is 1.17 bits per heavy atom. The summed E-state index contributed by atoms with van der Waals surface area (Å²) < 4.78 is 55.6. The first-order chi connectivity index (χ1) is 17.0. The summed E-state index contributed by atoms with van der Waals surface area (Å²) in [5, 5.41) is 2.69. The number of ether oxygens (including phenoxy) is 1. The van der Waals surface area contributed by atoms with Gasteiger partial charge in [0, 0.05) is 47.4 Å². The number of aldehydes is 1. The van der Waals surface area contributed by atoms with E-state index >= 15 is 0 Å². The van der Waals surface area contributed by atoms with Crippen molar-refractivity contribution in [3.63, 3.8) is 0 Å². The summed E-state index contributed by atoms with van der Waals surface area (Å²) in [6.45, 7) is 2.81. The first-order valence-electron chi connectivity index (χ1n) is 11.4. The lowest BCUT2D eigenvalue weighted by atomic mass is 9.93. The Morgan fingerprint density at radius 2 is 1.89 bits per heavy atom. The van der Waals surface area contributed by atoms with Crippen LogP contribution in [0.4, 0.5) is 23.2 Å². The van der Waals surface area contributed by atoms with E-state index in [9.17, 15) is 27.2 Å². The molecule has 190 valence electrons. The standard InChI is InChI=1S/C26H25F4N3O3/c1-24(6-7-24)15-32-13-17(12-31)20-4-2-18(10-16(20)14-34)33-23(35)25(8-9-25)21-5-3-19(11-22(21)27)36-26(28,29)30/h2-5,10-14H,6-9,15,31H2,1H3,(H,33,35). The van der Waals surface area contributed by atoms with Gasteiger partial charge >= 0.3 is 6.36 Å². The molecular formula is C26H25F4N3O3. The summed E-state index contributed by atoms with van der Waals surface area (Å²) in [6.07, 6.45) is 1.55. The molecule has 2 aromatic rings. The minimum atomic E-state index is -4.95. The zero-order valence-electron chi connectivity index (χ0n) is 19.5. The lowest BCUT2D eigenvalue weighted by Crippen LogP contribution is -2.29. The SMILES string of the molecule is CC1(CN=CC(=CN)c2ccc(NC(=O)C3(c4ccc(OC(F)(F)F)cc4F)CC3)cc2C=O)CC1. The van der Waals surface area contributed by atoms with Crippen LogP contribution in [-0.4, -0.2) is 31.3 Å². The van der Waals surface area contributed by atoms with Gasteiger partial charge in [-0.25, -0.2) is 4.39 Å². The van der Waals surface area contributed by atoms with Crippen LogP contribution in [-0.2, 0) is 10.2 Å². The molecule has 0 aliphatic heterocycles. The molecule has 0 aromatic heterocycles. The molecule has 0 spiro atoms. The van der Waals surface area contributed by atoms with Crippen molar-refractivity contribution in [1.29, 1.82) is 0 Å². The summed E-state index contributed by atoms with van der Waals surface area (Å²) in [4.78, 5) is 29.3. The summed E-state index contributed by atoms with van der Waals surface area (Å²) in [6, 6.07) is 7.42. The molecule has 2 aromatic carbocycles. The number of hydrogen-bond donors (Lipinski definition) is 2. The molecule has 2 saturated carbocycles. The molecule has 0 unspecified atom stereocenters. The Balaban J connectivity index is 1.50. The predicted octanol–water partition coefficient (Wildman–Crippen LogP) is 5.38. The molecule has 1 amide bonds. The van der Waals surface area contributed by atoms with Gasteiger partial charge in [-0.15, -0.1) is 13.2 Å². The quantitative estimate of drug-likeness (QED) is 0.273. The zero-order chi connectivity index (χ0) is 26.1. The highest BCUT2D eigenvalue weighted by atomic mass is 19.4. The topological polar surface area (TPSA) is 93.8 Å². The fourth-order valence-electron chi connectivity index (χ4n) is 4.01. The van der Waals surface area contributed by atoms with Crippen molar-refractivity contribution in [2.24, 2.45) is 16.1 Å². The number of halogens is 4. The minimum absolute atomic E-state index is 0.0179. The fraction of sp³-hybridized carbons (Fsp3) is 0.346. The van der Waals surface area contributed by atoms with Gasteiger partial charge in [-0.3, -0.25) is 14.6 Å². The molecular weight excluding hydrogens is 478 g/mol. The molecule has 6 nitrogen and oxygen atoms in total. The third-order valence-corrected chi connectivity index (χ3v) is 6.61. The van der Waals surface area contributed by atoms with E-state index < -0.39 is 29.3 Å². The van der Waals surface area contributed by atoms with E-state index in [1.807, 2.05) is 0 Å². The molecule has 4 rings (SSSR count). The Kier molecular flexibility index (Phi) is 6.64. The Morgan fingerprint density at radius 3 is 2.44 bits per heavy atom. The van der Waals surface area contributed by atoms with Crippen LogP contribution in [0.3, 0.4) is 0 Å². The summed E-state index contributed by atoms with van der Waals surface area (Å²) in [5.41, 5.74) is 6.44. The van der Waals surface area contributed by atoms with Crippen LogP contribution in [0.15, 0.2) is 47.6 Å². The van der Waals surface area contributed by atoms with Gasteiger partial charge in [0.05, 0.1) is 5.41 Å². The highest BCUT2D eigenvalue weighted by molar-refractivity contribution is 6.12. The van der Waals surface area contributed by atoms with Crippen molar-refractivity contribution in [2.75, 3.05) is 11.9 Å². The lowest BCUT2D eigenvalue weighted by Gasteiger charge is -2.18. The number of anilines is 1. The first kappa shape index (κ1) is 25.4. The highest BCUT2D eigenvalue weighted by Crippen LogP contribution is 2.50. The molecule has 0 bridgehead atoms. The van der Waals surface area contributed by atoms with Crippen LogP contribution < -0.4 is 15.8 Å². The number of allylic oxidation sites excluding steroid dienone is 1. The van der Waals surface area contributed by atoms with Crippen molar-refractivity contribution in [1.82, 2.24) is 0 Å². The van der Waals surface area contributed by atoms with E-state index in [1.54, 1.807) is 18.3 Å². The van der Waals surface area contributed by atoms with E-state index in [-0.39, 0.29) is 16.5 Å². The van der Waals surface area contributed by atoms with Gasteiger partial charge in [-0.2, -0.15) is 0 Å². The Bertz CT molecular complexity index is 1250. The molecule has 0 radical (unpaired) electrons. The van der Waals surface area contributed by atoms with Crippen LogP contribution in [0.1, 0.15) is 54.1 Å². The van der Waals surface area contributed by atoms with E-state index in [0.29, 0.717) is 48.6 Å². The van der Waals surface area contributed by atoms with Gasteiger partial charge in [0.25, 0.3) is 0 Å². The van der Waals surface area contributed by atoms with Crippen molar-refractivity contribution >= 4 is 29.7 Å². The number of nitrogens with one attached hydrogen (secondary N) is 1. The van der Waals surface area contributed by atoms with Gasteiger partial charge in [-0.1, -0.05) is 19.1 Å². The van der Waals surface area contributed by atoms with Crippen molar-refractivity contribution in [3.05, 3.63) is 65.1 Å². The van der Waals surface area contributed by atoms with Gasteiger partial charge in [0.2, 0.25) is 5.91 Å². The fourth-order valence-corrected chi connectivity index (χ4v) is 4.01. The monoisotopic (exact) mass is 503 g/mol. The van der Waals surface area contributed by atoms with Crippen molar-refractivity contribution in [3.8, 4) is 5.75 Å². The van der Waals surface area contributed by atoms with E-state index in [4.69, 9.17) is 5.73 Å². The number of benzene rings is 2. The second kappa shape index (κ2) is 9.40. The smallest absolute Gasteiger partial charge is 0.406 e. The number of hydrogen-bond acceptors (Lipinski definition) is 5. The average Bonchev–Trinajstić information content (AvgIpc) is 3.74. The largest absolute Gasteiger partial charge is 0.573 e. The molecule has 0 atom stereocenters. The van der Waals surface area contributed by atoms with Crippen molar-refractivity contribution < 1.29 is 31.9 Å². The van der Waals surface area contributed by atoms with Gasteiger partial charge < -0.3 is 15.8 Å². The van der Waals surface area contributed by atoms with Gasteiger partial charge in [0.15, 0.2) is 6.29 Å². The van der Waals surface area contributed by atoms with Crippen LogP contribution in [0.25, 0.3) is 5.57 Å². The molecule has 0 heterocycles. The third-order valence-electron chi connectivity index (χ3n) is 6.61. The van der Waals surface area contributed by atoms with E-state index in [1.165, 1.54) is 12.3 Å². The number of nitrogens with two attached hydrogens (primary N) is 1. The summed E-state index contributed by atoms with van der Waals surface area (Å²) >= 11 is 0. The second-order valence-corrected chi connectivity index (χ2v) is 9.55. The maximum absolute atomic E-state index is 14.6. The summed E-state index contributed by atoms with van der Waals surface area (Å²) in [7, 11) is 0. The highest BCUT2D eigenvalue weighted by Gasteiger charge is 2.53. The second-order valence-electron chi connectivity index (χ2n) is 9.55. The zero-order valence-corrected chi connectivity index (χ0v) is 19.5. The molecule has 2 fully saturated rings. The van der Waals surface area contributed by atoms with Crippen LogP contribution >= 0.6 is 0 Å².